The van der Waals surface area contributed by atoms with Gasteiger partial charge in [0.2, 0.25) is 0 Å². The maximum absolute atomic E-state index is 5.71. The maximum atomic E-state index is 5.71. The van der Waals surface area contributed by atoms with E-state index in [0.717, 1.165) is 0 Å². The van der Waals surface area contributed by atoms with Crippen molar-refractivity contribution in [1.82, 2.24) is 15.0 Å². The van der Waals surface area contributed by atoms with Gasteiger partial charge in [0, 0.05) is 0 Å². The smallest absolute Gasteiger partial charge is 0.147 e. The minimum absolute atomic E-state index is 0.542. The van der Waals surface area contributed by atoms with Gasteiger partial charge < -0.3 is 0 Å². The molecule has 4 heteroatoms. The van der Waals surface area contributed by atoms with E-state index in [1.807, 2.05) is 0 Å². The molecule has 0 saturated heterocycles. The van der Waals surface area contributed by atoms with Crippen LogP contribution in [0.2, 0.25) is 5.15 Å². The molecule has 1 aliphatic rings. The maximum Gasteiger partial charge on any atom is 0.147 e. The van der Waals surface area contributed by atoms with E-state index in [2.05, 4.69) is 10.3 Å². The molecular formula is C5H6ClN3. The zero-order valence-electron chi connectivity index (χ0n) is 4.79. The summed E-state index contributed by atoms with van der Waals surface area (Å²) in [7, 11) is 0. The van der Waals surface area contributed by atoms with E-state index in [4.69, 9.17) is 11.6 Å². The van der Waals surface area contributed by atoms with Gasteiger partial charge in [0.25, 0.3) is 0 Å². The fraction of sp³-hybridized carbons (Fsp3) is 0.600. The van der Waals surface area contributed by atoms with E-state index in [1.54, 1.807) is 10.9 Å². The fourth-order valence-corrected chi connectivity index (χ4v) is 1.01. The Bertz CT molecular complexity index is 216. The minimum Gasteiger partial charge on any atom is -0.231 e. The second-order valence-corrected chi connectivity index (χ2v) is 2.62. The lowest BCUT2D eigenvalue weighted by Crippen LogP contribution is -1.95. The number of rotatable bonds is 1. The molecule has 0 aromatic carbocycles. The zero-order valence-corrected chi connectivity index (χ0v) is 5.54. The molecule has 9 heavy (non-hydrogen) atoms. The average Bonchev–Trinajstić information content (AvgIpc) is 2.58. The van der Waals surface area contributed by atoms with Gasteiger partial charge in [-0.1, -0.05) is 16.8 Å². The van der Waals surface area contributed by atoms with Crippen molar-refractivity contribution in [3.63, 3.8) is 0 Å². The lowest BCUT2D eigenvalue weighted by atomic mass is 10.7. The molecule has 3 nitrogen and oxygen atoms in total. The standard InChI is InChI=1S/C5H6ClN3/c6-5-3-7-8-9(5)4-1-2-4/h3-4H,1-2H2. The van der Waals surface area contributed by atoms with E-state index in [9.17, 15) is 0 Å². The molecule has 0 radical (unpaired) electrons. The summed E-state index contributed by atoms with van der Waals surface area (Å²) >= 11 is 5.71. The number of aromatic nitrogens is 3. The Morgan fingerprint density at radius 3 is 2.89 bits per heavy atom. The van der Waals surface area contributed by atoms with Crippen LogP contribution in [-0.2, 0) is 0 Å². The molecule has 0 bridgehead atoms. The Morgan fingerprint density at radius 1 is 1.67 bits per heavy atom. The third kappa shape index (κ3) is 0.812. The predicted molar refractivity (Wildman–Crippen MR) is 33.3 cm³/mol. The van der Waals surface area contributed by atoms with E-state index in [0.29, 0.717) is 11.2 Å². The Hall–Kier alpha value is -0.570. The fourth-order valence-electron chi connectivity index (χ4n) is 0.798. The highest BCUT2D eigenvalue weighted by Gasteiger charge is 2.26. The summed E-state index contributed by atoms with van der Waals surface area (Å²) in [5.74, 6) is 0. The number of nitrogens with zero attached hydrogens (tertiary/aromatic N) is 3. The van der Waals surface area contributed by atoms with Crippen molar-refractivity contribution in [2.45, 2.75) is 18.9 Å². The van der Waals surface area contributed by atoms with Crippen molar-refractivity contribution < 1.29 is 0 Å². The average molecular weight is 144 g/mol. The van der Waals surface area contributed by atoms with Crippen LogP contribution in [0.1, 0.15) is 18.9 Å². The Labute approximate surface area is 57.6 Å². The Kier molecular flexibility index (Phi) is 0.990. The molecule has 0 spiro atoms. The normalized spacial score (nSPS) is 18.3. The van der Waals surface area contributed by atoms with Crippen LogP contribution in [0, 0.1) is 0 Å². The van der Waals surface area contributed by atoms with Crippen LogP contribution in [0.4, 0.5) is 0 Å². The molecule has 48 valence electrons. The van der Waals surface area contributed by atoms with Crippen LogP contribution < -0.4 is 0 Å². The van der Waals surface area contributed by atoms with E-state index in [-0.39, 0.29) is 0 Å². The second-order valence-electron chi connectivity index (χ2n) is 2.23. The van der Waals surface area contributed by atoms with Gasteiger partial charge in [-0.15, -0.1) is 5.10 Å². The molecule has 1 aromatic rings. The lowest BCUT2D eigenvalue weighted by Gasteiger charge is -1.93. The minimum atomic E-state index is 0.542. The third-order valence-corrected chi connectivity index (χ3v) is 1.69. The highest BCUT2D eigenvalue weighted by Crippen LogP contribution is 2.35. The molecule has 0 aliphatic heterocycles. The van der Waals surface area contributed by atoms with Crippen molar-refractivity contribution in [3.8, 4) is 0 Å². The summed E-state index contributed by atoms with van der Waals surface area (Å²) in [4.78, 5) is 0. The highest BCUT2D eigenvalue weighted by atomic mass is 35.5. The second kappa shape index (κ2) is 1.70. The number of hydrogen-bond acceptors (Lipinski definition) is 2. The zero-order chi connectivity index (χ0) is 6.27. The number of halogens is 1. The van der Waals surface area contributed by atoms with Gasteiger partial charge in [-0.3, -0.25) is 0 Å². The monoisotopic (exact) mass is 143 g/mol. The van der Waals surface area contributed by atoms with Crippen LogP contribution >= 0.6 is 11.6 Å². The molecule has 0 atom stereocenters. The van der Waals surface area contributed by atoms with Crippen molar-refractivity contribution in [3.05, 3.63) is 11.3 Å². The summed E-state index contributed by atoms with van der Waals surface area (Å²) in [6.45, 7) is 0. The Balaban J connectivity index is 2.35. The van der Waals surface area contributed by atoms with Crippen molar-refractivity contribution in [2.75, 3.05) is 0 Å². The first kappa shape index (κ1) is 5.23. The molecule has 1 aromatic heterocycles. The molecule has 0 unspecified atom stereocenters. The quantitative estimate of drug-likeness (QED) is 0.593. The van der Waals surface area contributed by atoms with E-state index < -0.39 is 0 Å². The van der Waals surface area contributed by atoms with Crippen molar-refractivity contribution in [1.29, 1.82) is 0 Å². The summed E-state index contributed by atoms with van der Waals surface area (Å²) < 4.78 is 1.77. The van der Waals surface area contributed by atoms with Gasteiger partial charge in [-0.25, -0.2) is 4.68 Å². The first-order valence-corrected chi connectivity index (χ1v) is 3.31. The van der Waals surface area contributed by atoms with Crippen molar-refractivity contribution >= 4 is 11.6 Å². The summed E-state index contributed by atoms with van der Waals surface area (Å²) in [6.07, 6.45) is 3.96. The predicted octanol–water partition coefficient (Wildman–Crippen LogP) is 1.27. The van der Waals surface area contributed by atoms with Gasteiger partial charge in [-0.2, -0.15) is 0 Å². The van der Waals surface area contributed by atoms with E-state index >= 15 is 0 Å². The SMILES string of the molecule is Clc1cnnn1C1CC1. The van der Waals surface area contributed by atoms with Gasteiger partial charge >= 0.3 is 0 Å². The van der Waals surface area contributed by atoms with Crippen LogP contribution in [0.25, 0.3) is 0 Å². The van der Waals surface area contributed by atoms with Crippen molar-refractivity contribution in [2.24, 2.45) is 0 Å². The highest BCUT2D eigenvalue weighted by molar-refractivity contribution is 6.29. The van der Waals surface area contributed by atoms with Gasteiger partial charge in [0.15, 0.2) is 0 Å². The first-order valence-electron chi connectivity index (χ1n) is 2.93. The Morgan fingerprint density at radius 2 is 2.44 bits per heavy atom. The first-order chi connectivity index (χ1) is 4.38. The third-order valence-electron chi connectivity index (χ3n) is 1.42. The van der Waals surface area contributed by atoms with Gasteiger partial charge in [0.05, 0.1) is 12.2 Å². The molecule has 1 aliphatic carbocycles. The molecule has 2 rings (SSSR count). The number of hydrogen-bond donors (Lipinski definition) is 0. The summed E-state index contributed by atoms with van der Waals surface area (Å²) in [5, 5.41) is 8.13. The summed E-state index contributed by atoms with van der Waals surface area (Å²) in [6, 6.07) is 0.542. The van der Waals surface area contributed by atoms with Gasteiger partial charge in [-0.05, 0) is 12.8 Å². The van der Waals surface area contributed by atoms with Crippen LogP contribution in [-0.4, -0.2) is 15.0 Å². The molecular weight excluding hydrogens is 138 g/mol. The molecule has 0 N–H and O–H groups in total. The molecule has 1 saturated carbocycles. The van der Waals surface area contributed by atoms with Crippen LogP contribution in [0.15, 0.2) is 6.20 Å². The van der Waals surface area contributed by atoms with Crippen LogP contribution in [0.3, 0.4) is 0 Å². The summed E-state index contributed by atoms with van der Waals surface area (Å²) in [5.41, 5.74) is 0. The largest absolute Gasteiger partial charge is 0.231 e. The van der Waals surface area contributed by atoms with Gasteiger partial charge in [0.1, 0.15) is 5.15 Å². The van der Waals surface area contributed by atoms with E-state index in [1.165, 1.54) is 12.8 Å². The molecule has 1 fully saturated rings. The topological polar surface area (TPSA) is 30.7 Å². The molecule has 0 amide bonds. The van der Waals surface area contributed by atoms with Crippen LogP contribution in [0.5, 0.6) is 0 Å². The molecule has 1 heterocycles. The lowest BCUT2D eigenvalue weighted by molar-refractivity contribution is 0.611.